The van der Waals surface area contributed by atoms with Crippen molar-refractivity contribution < 1.29 is 18.0 Å². The van der Waals surface area contributed by atoms with E-state index in [0.29, 0.717) is 29.4 Å². The van der Waals surface area contributed by atoms with E-state index in [9.17, 15) is 18.0 Å². The van der Waals surface area contributed by atoms with Gasteiger partial charge in [-0.05, 0) is 42.7 Å². The largest absolute Gasteiger partial charge is 0.355 e. The van der Waals surface area contributed by atoms with Gasteiger partial charge in [0.05, 0.1) is 6.42 Å². The van der Waals surface area contributed by atoms with E-state index >= 15 is 0 Å². The first kappa shape index (κ1) is 21.5. The highest BCUT2D eigenvalue weighted by molar-refractivity contribution is 7.91. The summed E-state index contributed by atoms with van der Waals surface area (Å²) in [6.45, 7) is 1.54. The number of rotatable bonds is 7. The van der Waals surface area contributed by atoms with Gasteiger partial charge in [-0.2, -0.15) is 4.31 Å². The Balaban J connectivity index is 1.60. The van der Waals surface area contributed by atoms with Gasteiger partial charge in [-0.3, -0.25) is 9.59 Å². The Morgan fingerprint density at radius 2 is 1.76 bits per heavy atom. The van der Waals surface area contributed by atoms with Gasteiger partial charge in [0.2, 0.25) is 5.91 Å². The van der Waals surface area contributed by atoms with Crippen molar-refractivity contribution in [1.82, 2.24) is 14.5 Å². The molecule has 7 nitrogen and oxygen atoms in total. The van der Waals surface area contributed by atoms with Gasteiger partial charge in [0, 0.05) is 44.2 Å². The van der Waals surface area contributed by atoms with Crippen molar-refractivity contribution >= 4 is 33.2 Å². The lowest BCUT2D eigenvalue weighted by molar-refractivity contribution is -0.129. The third kappa shape index (κ3) is 5.04. The van der Waals surface area contributed by atoms with Gasteiger partial charge in [0.15, 0.2) is 0 Å². The molecule has 2 amide bonds. The second kappa shape index (κ2) is 9.06. The maximum Gasteiger partial charge on any atom is 0.252 e. The van der Waals surface area contributed by atoms with Gasteiger partial charge in [0.1, 0.15) is 4.21 Å². The van der Waals surface area contributed by atoms with Gasteiger partial charge in [0.25, 0.3) is 15.9 Å². The first-order valence-corrected chi connectivity index (χ1v) is 11.7. The van der Waals surface area contributed by atoms with Crippen LogP contribution in [-0.2, 0) is 27.8 Å². The molecular formula is C20H25N3O4S2. The molecule has 1 aromatic heterocycles. The second-order valence-corrected chi connectivity index (χ2v) is 10.4. The lowest BCUT2D eigenvalue weighted by Gasteiger charge is -2.17. The molecule has 1 saturated heterocycles. The molecule has 3 rings (SSSR count). The average molecular weight is 436 g/mol. The highest BCUT2D eigenvalue weighted by Crippen LogP contribution is 2.27. The first-order chi connectivity index (χ1) is 13.8. The summed E-state index contributed by atoms with van der Waals surface area (Å²) in [5.41, 5.74) is 1.48. The van der Waals surface area contributed by atoms with E-state index in [1.54, 1.807) is 43.3 Å². The van der Waals surface area contributed by atoms with Gasteiger partial charge in [-0.1, -0.05) is 12.1 Å². The molecule has 156 valence electrons. The van der Waals surface area contributed by atoms with Crippen LogP contribution < -0.4 is 5.32 Å². The molecule has 29 heavy (non-hydrogen) atoms. The molecule has 0 saturated carbocycles. The molecule has 1 N–H and O–H groups in total. The SMILES string of the molecule is CNC(=O)c1ccc(CN(C)C(=O)Cc2ccc(S(=O)(=O)N3CCCC3)s2)cc1. The molecule has 1 aliphatic heterocycles. The van der Waals surface area contributed by atoms with Crippen molar-refractivity contribution in [2.75, 3.05) is 27.2 Å². The van der Waals surface area contributed by atoms with E-state index < -0.39 is 10.0 Å². The van der Waals surface area contributed by atoms with Crippen molar-refractivity contribution in [2.24, 2.45) is 0 Å². The fourth-order valence-corrected chi connectivity index (χ4v) is 6.22. The fourth-order valence-electron chi connectivity index (χ4n) is 3.20. The summed E-state index contributed by atoms with van der Waals surface area (Å²) in [4.78, 5) is 26.5. The van der Waals surface area contributed by atoms with E-state index in [4.69, 9.17) is 0 Å². The minimum absolute atomic E-state index is 0.0904. The number of carbonyl (C=O) groups is 2. The third-order valence-corrected chi connectivity index (χ3v) is 8.36. The third-order valence-electron chi connectivity index (χ3n) is 4.91. The zero-order valence-corrected chi connectivity index (χ0v) is 18.2. The normalized spacial score (nSPS) is 14.7. The van der Waals surface area contributed by atoms with Crippen LogP contribution in [0.25, 0.3) is 0 Å². The highest BCUT2D eigenvalue weighted by atomic mass is 32.2. The zero-order valence-electron chi connectivity index (χ0n) is 16.6. The predicted molar refractivity (Wildman–Crippen MR) is 112 cm³/mol. The van der Waals surface area contributed by atoms with Crippen LogP contribution in [0.4, 0.5) is 0 Å². The molecule has 1 aliphatic rings. The maximum absolute atomic E-state index is 12.6. The highest BCUT2D eigenvalue weighted by Gasteiger charge is 2.28. The Bertz CT molecular complexity index is 977. The van der Waals surface area contributed by atoms with Crippen LogP contribution in [0.3, 0.4) is 0 Å². The van der Waals surface area contributed by atoms with E-state index in [0.717, 1.165) is 34.6 Å². The van der Waals surface area contributed by atoms with Crippen LogP contribution in [0.2, 0.25) is 0 Å². The van der Waals surface area contributed by atoms with Crippen molar-refractivity contribution in [1.29, 1.82) is 0 Å². The van der Waals surface area contributed by atoms with Gasteiger partial charge in [-0.15, -0.1) is 11.3 Å². The van der Waals surface area contributed by atoms with Crippen LogP contribution in [0.5, 0.6) is 0 Å². The van der Waals surface area contributed by atoms with Gasteiger partial charge >= 0.3 is 0 Å². The average Bonchev–Trinajstić information content (AvgIpc) is 3.40. The Kier molecular flexibility index (Phi) is 6.71. The Morgan fingerprint density at radius 1 is 1.10 bits per heavy atom. The molecule has 0 aliphatic carbocycles. The summed E-state index contributed by atoms with van der Waals surface area (Å²) in [7, 11) is -0.150. The second-order valence-electron chi connectivity index (χ2n) is 7.03. The van der Waals surface area contributed by atoms with E-state index in [1.165, 1.54) is 4.31 Å². The number of hydrogen-bond acceptors (Lipinski definition) is 5. The number of hydrogen-bond donors (Lipinski definition) is 1. The van der Waals surface area contributed by atoms with E-state index in [2.05, 4.69) is 5.32 Å². The topological polar surface area (TPSA) is 86.8 Å². The number of amides is 2. The first-order valence-electron chi connectivity index (χ1n) is 9.45. The van der Waals surface area contributed by atoms with Crippen LogP contribution in [0.1, 0.15) is 33.6 Å². The number of thiophene rings is 1. The number of sulfonamides is 1. The number of carbonyl (C=O) groups excluding carboxylic acids is 2. The van der Waals surface area contributed by atoms with Crippen LogP contribution in [-0.4, -0.2) is 56.6 Å². The summed E-state index contributed by atoms with van der Waals surface area (Å²) >= 11 is 1.16. The van der Waals surface area contributed by atoms with Crippen molar-refractivity contribution in [2.45, 2.75) is 30.0 Å². The number of likely N-dealkylation sites (N-methyl/N-ethyl adjacent to an activating group) is 1. The van der Waals surface area contributed by atoms with Crippen molar-refractivity contribution in [3.05, 3.63) is 52.4 Å². The summed E-state index contributed by atoms with van der Waals surface area (Å²) in [6.07, 6.45) is 1.95. The molecular weight excluding hydrogens is 410 g/mol. The molecule has 1 aromatic carbocycles. The lowest BCUT2D eigenvalue weighted by Crippen LogP contribution is -2.27. The molecule has 0 unspecified atom stereocenters. The zero-order chi connectivity index (χ0) is 21.0. The summed E-state index contributed by atoms with van der Waals surface area (Å²) in [6, 6.07) is 10.4. The molecule has 2 heterocycles. The summed E-state index contributed by atoms with van der Waals surface area (Å²) in [5.74, 6) is -0.245. The number of nitrogens with zero attached hydrogens (tertiary/aromatic N) is 2. The van der Waals surface area contributed by atoms with Crippen LogP contribution in [0.15, 0.2) is 40.6 Å². The molecule has 0 spiro atoms. The predicted octanol–water partition coefficient (Wildman–Crippen LogP) is 2.09. The minimum Gasteiger partial charge on any atom is -0.355 e. The molecule has 1 fully saturated rings. The molecule has 0 radical (unpaired) electrons. The van der Waals surface area contributed by atoms with E-state index in [1.807, 2.05) is 12.1 Å². The number of nitrogens with one attached hydrogen (secondary N) is 1. The lowest BCUT2D eigenvalue weighted by atomic mass is 10.1. The Labute approximate surface area is 175 Å². The van der Waals surface area contributed by atoms with Gasteiger partial charge < -0.3 is 10.2 Å². The Morgan fingerprint density at radius 3 is 2.38 bits per heavy atom. The minimum atomic E-state index is -3.44. The maximum atomic E-state index is 12.6. The van der Waals surface area contributed by atoms with Crippen LogP contribution in [0, 0.1) is 0 Å². The molecule has 2 aromatic rings. The summed E-state index contributed by atoms with van der Waals surface area (Å²) in [5, 5.41) is 2.57. The van der Waals surface area contributed by atoms with Gasteiger partial charge in [-0.25, -0.2) is 8.42 Å². The number of benzene rings is 1. The van der Waals surface area contributed by atoms with Crippen molar-refractivity contribution in [3.8, 4) is 0 Å². The van der Waals surface area contributed by atoms with Crippen LogP contribution >= 0.6 is 11.3 Å². The molecule has 0 bridgehead atoms. The fraction of sp³-hybridized carbons (Fsp3) is 0.400. The smallest absolute Gasteiger partial charge is 0.252 e. The monoisotopic (exact) mass is 435 g/mol. The summed E-state index contributed by atoms with van der Waals surface area (Å²) < 4.78 is 27.1. The van der Waals surface area contributed by atoms with Crippen molar-refractivity contribution in [3.63, 3.8) is 0 Å². The Hall–Kier alpha value is -2.23. The standard InChI is InChI=1S/C20H25N3O4S2/c1-21-20(25)16-7-5-15(6-8-16)14-22(2)18(24)13-17-9-10-19(28-17)29(26,27)23-11-3-4-12-23/h5-10H,3-4,11-14H2,1-2H3,(H,21,25). The molecule has 9 heteroatoms. The quantitative estimate of drug-likeness (QED) is 0.722. The molecule has 0 atom stereocenters. The van der Waals surface area contributed by atoms with E-state index in [-0.39, 0.29) is 18.2 Å².